The van der Waals surface area contributed by atoms with Gasteiger partial charge in [-0.1, -0.05) is 0 Å². The summed E-state index contributed by atoms with van der Waals surface area (Å²) in [6.07, 6.45) is -2.70. The molecule has 12 nitrogen and oxygen atoms in total. The van der Waals surface area contributed by atoms with E-state index in [0.717, 1.165) is 0 Å². The molecule has 4 aromatic carbocycles. The van der Waals surface area contributed by atoms with Gasteiger partial charge in [0.15, 0.2) is 12.2 Å². The van der Waals surface area contributed by atoms with Gasteiger partial charge in [-0.2, -0.15) is 0 Å². The van der Waals surface area contributed by atoms with Gasteiger partial charge in [0.1, 0.15) is 35.2 Å². The summed E-state index contributed by atoms with van der Waals surface area (Å²) in [4.78, 5) is 50.6. The lowest BCUT2D eigenvalue weighted by atomic mass is 10.1. The molecule has 48 heavy (non-hydrogen) atoms. The largest absolute Gasteiger partial charge is 0.497 e. The van der Waals surface area contributed by atoms with Crippen LogP contribution >= 0.6 is 0 Å². The number of benzene rings is 4. The molecular weight excluding hydrogens is 624 g/mol. The van der Waals surface area contributed by atoms with Gasteiger partial charge in [-0.25, -0.2) is 19.2 Å². The zero-order valence-corrected chi connectivity index (χ0v) is 25.9. The maximum atomic E-state index is 12.9. The van der Waals surface area contributed by atoms with Crippen LogP contribution in [0.2, 0.25) is 0 Å². The molecule has 0 radical (unpaired) electrons. The van der Waals surface area contributed by atoms with Gasteiger partial charge < -0.3 is 37.9 Å². The molecule has 0 aliphatic carbocycles. The number of rotatable bonds is 10. The molecule has 2 aliphatic rings. The van der Waals surface area contributed by atoms with E-state index in [0.29, 0.717) is 22.6 Å². The topological polar surface area (TPSA) is 142 Å². The van der Waals surface area contributed by atoms with Gasteiger partial charge in [-0.05, 0) is 97.1 Å². The van der Waals surface area contributed by atoms with Crippen molar-refractivity contribution in [3.63, 3.8) is 0 Å². The van der Waals surface area contributed by atoms with E-state index in [1.54, 1.807) is 48.5 Å². The van der Waals surface area contributed by atoms with Crippen molar-refractivity contribution in [2.75, 3.05) is 27.4 Å². The van der Waals surface area contributed by atoms with E-state index in [9.17, 15) is 19.2 Å². The average molecular weight is 655 g/mol. The van der Waals surface area contributed by atoms with Crippen LogP contribution in [0.25, 0.3) is 0 Å². The SMILES string of the molecule is COc1ccc(C(=O)Oc2ccc(C(=O)OC3COC4C(OC(=O)c5ccc(OC(=O)c6ccc(OC)cc6)cc5)COC34)cc2)cc1. The van der Waals surface area contributed by atoms with Crippen LogP contribution in [0.3, 0.4) is 0 Å². The number of fused-ring (bicyclic) bond motifs is 1. The lowest BCUT2D eigenvalue weighted by molar-refractivity contribution is -0.0287. The molecule has 6 rings (SSSR count). The number of carbonyl (C=O) groups excluding carboxylic acids is 4. The van der Waals surface area contributed by atoms with Gasteiger partial charge >= 0.3 is 23.9 Å². The Labute approximate surface area is 275 Å². The first-order valence-electron chi connectivity index (χ1n) is 14.9. The second-order valence-electron chi connectivity index (χ2n) is 10.8. The predicted octanol–water partition coefficient (Wildman–Crippen LogP) is 4.69. The number of esters is 4. The van der Waals surface area contributed by atoms with Crippen LogP contribution in [0.4, 0.5) is 0 Å². The van der Waals surface area contributed by atoms with Gasteiger partial charge in [0.05, 0.1) is 49.7 Å². The fourth-order valence-electron chi connectivity index (χ4n) is 5.15. The third-order valence-electron chi connectivity index (χ3n) is 7.73. The molecule has 0 aromatic heterocycles. The van der Waals surface area contributed by atoms with E-state index >= 15 is 0 Å². The summed E-state index contributed by atoms with van der Waals surface area (Å²) < 4.78 is 43.9. The van der Waals surface area contributed by atoms with E-state index in [4.69, 9.17) is 37.9 Å². The monoisotopic (exact) mass is 654 g/mol. The van der Waals surface area contributed by atoms with E-state index in [1.165, 1.54) is 62.8 Å². The number of ether oxygens (including phenoxy) is 8. The van der Waals surface area contributed by atoms with Crippen molar-refractivity contribution in [3.05, 3.63) is 119 Å². The molecule has 4 aromatic rings. The summed E-state index contributed by atoms with van der Waals surface area (Å²) in [6.45, 7) is 0.113. The van der Waals surface area contributed by atoms with Crippen molar-refractivity contribution >= 4 is 23.9 Å². The van der Waals surface area contributed by atoms with Crippen molar-refractivity contribution in [3.8, 4) is 23.0 Å². The molecule has 246 valence electrons. The van der Waals surface area contributed by atoms with Crippen LogP contribution < -0.4 is 18.9 Å². The molecular formula is C36H30O12. The Balaban J connectivity index is 0.977. The van der Waals surface area contributed by atoms with E-state index in [-0.39, 0.29) is 35.8 Å². The van der Waals surface area contributed by atoms with E-state index in [2.05, 4.69) is 0 Å². The summed E-state index contributed by atoms with van der Waals surface area (Å²) >= 11 is 0. The third-order valence-corrected chi connectivity index (χ3v) is 7.73. The van der Waals surface area contributed by atoms with Crippen molar-refractivity contribution in [1.29, 1.82) is 0 Å². The predicted molar refractivity (Wildman–Crippen MR) is 167 cm³/mol. The molecule has 12 heteroatoms. The molecule has 0 amide bonds. The average Bonchev–Trinajstić information content (AvgIpc) is 3.71. The fraction of sp³-hybridized carbons (Fsp3) is 0.222. The van der Waals surface area contributed by atoms with Crippen LogP contribution in [-0.2, 0) is 18.9 Å². The quantitative estimate of drug-likeness (QED) is 0.173. The summed E-state index contributed by atoms with van der Waals surface area (Å²) in [6, 6.07) is 24.9. The Morgan fingerprint density at radius 2 is 0.750 bits per heavy atom. The minimum Gasteiger partial charge on any atom is -0.497 e. The van der Waals surface area contributed by atoms with Crippen molar-refractivity contribution in [2.24, 2.45) is 0 Å². The molecule has 0 spiro atoms. The normalized spacial score (nSPS) is 19.5. The molecule has 2 aliphatic heterocycles. The minimum absolute atomic E-state index is 0.0565. The third kappa shape index (κ3) is 7.30. The first-order chi connectivity index (χ1) is 23.3. The minimum atomic E-state index is -0.724. The molecule has 0 saturated carbocycles. The van der Waals surface area contributed by atoms with Crippen LogP contribution in [0.1, 0.15) is 41.4 Å². The molecule has 2 fully saturated rings. The fourth-order valence-corrected chi connectivity index (χ4v) is 5.15. The first-order valence-corrected chi connectivity index (χ1v) is 14.9. The number of carbonyl (C=O) groups is 4. The van der Waals surface area contributed by atoms with Crippen molar-refractivity contribution < 1.29 is 57.1 Å². The number of hydrogen-bond donors (Lipinski definition) is 0. The zero-order valence-electron chi connectivity index (χ0n) is 25.9. The highest BCUT2D eigenvalue weighted by atomic mass is 16.7. The second kappa shape index (κ2) is 14.4. The van der Waals surface area contributed by atoms with Crippen molar-refractivity contribution in [2.45, 2.75) is 24.4 Å². The highest BCUT2D eigenvalue weighted by Crippen LogP contribution is 2.32. The molecule has 2 saturated heterocycles. The summed E-state index contributed by atoms with van der Waals surface area (Å²) in [5.41, 5.74) is 1.17. The highest BCUT2D eigenvalue weighted by Gasteiger charge is 2.51. The second-order valence-corrected chi connectivity index (χ2v) is 10.8. The van der Waals surface area contributed by atoms with Crippen LogP contribution in [0.5, 0.6) is 23.0 Å². The van der Waals surface area contributed by atoms with E-state index < -0.39 is 48.3 Å². The Morgan fingerprint density at radius 3 is 1.06 bits per heavy atom. The zero-order chi connectivity index (χ0) is 33.6. The summed E-state index contributed by atoms with van der Waals surface area (Å²) in [7, 11) is 3.06. The van der Waals surface area contributed by atoms with Crippen LogP contribution in [-0.4, -0.2) is 75.7 Å². The molecule has 0 bridgehead atoms. The van der Waals surface area contributed by atoms with Gasteiger partial charge in [-0.3, -0.25) is 0 Å². The summed E-state index contributed by atoms with van der Waals surface area (Å²) in [5.74, 6) is -0.609. The van der Waals surface area contributed by atoms with Gasteiger partial charge in [0.25, 0.3) is 0 Å². The Bertz CT molecular complexity index is 1630. The van der Waals surface area contributed by atoms with Crippen molar-refractivity contribution in [1.82, 2.24) is 0 Å². The van der Waals surface area contributed by atoms with Crippen LogP contribution in [0, 0.1) is 0 Å². The molecule has 4 unspecified atom stereocenters. The summed E-state index contributed by atoms with van der Waals surface area (Å²) in [5, 5.41) is 0. The smallest absolute Gasteiger partial charge is 0.343 e. The Morgan fingerprint density at radius 1 is 0.458 bits per heavy atom. The van der Waals surface area contributed by atoms with Crippen LogP contribution in [0.15, 0.2) is 97.1 Å². The Hall–Kier alpha value is -5.72. The standard InChI is InChI=1S/C36H30O12/c1-41-25-11-3-21(4-12-25)33(37)45-27-15-7-23(8-16-27)35(39)47-29-19-43-32-30(20-44-31(29)32)48-36(40)24-9-17-28(18-10-24)46-34(38)22-5-13-26(42-2)14-6-22/h3-18,29-32H,19-20H2,1-2H3. The number of hydrogen-bond acceptors (Lipinski definition) is 12. The first kappa shape index (κ1) is 32.2. The van der Waals surface area contributed by atoms with E-state index in [1.807, 2.05) is 0 Å². The lowest BCUT2D eigenvalue weighted by Crippen LogP contribution is -2.36. The maximum Gasteiger partial charge on any atom is 0.343 e. The molecule has 0 N–H and O–H groups in total. The molecule has 4 atom stereocenters. The van der Waals surface area contributed by atoms with Gasteiger partial charge in [0.2, 0.25) is 0 Å². The van der Waals surface area contributed by atoms with Gasteiger partial charge in [-0.15, -0.1) is 0 Å². The lowest BCUT2D eigenvalue weighted by Gasteiger charge is -2.17. The van der Waals surface area contributed by atoms with Gasteiger partial charge in [0, 0.05) is 0 Å². The number of methoxy groups -OCH3 is 2. The highest BCUT2D eigenvalue weighted by molar-refractivity contribution is 5.93. The Kier molecular flexibility index (Phi) is 9.65. The maximum absolute atomic E-state index is 12.9. The molecule has 2 heterocycles.